The fourth-order valence-corrected chi connectivity index (χ4v) is 2.88. The summed E-state index contributed by atoms with van der Waals surface area (Å²) >= 11 is 9.36. The van der Waals surface area contributed by atoms with Crippen molar-refractivity contribution in [3.05, 3.63) is 63.6 Å². The van der Waals surface area contributed by atoms with Crippen LogP contribution in [0, 0.1) is 0 Å². The average molecular weight is 364 g/mol. The molecule has 0 unspecified atom stereocenters. The second-order valence-electron chi connectivity index (χ2n) is 4.52. The molecule has 2 N–H and O–H groups in total. The lowest BCUT2D eigenvalue weighted by molar-refractivity contribution is 0.461. The highest BCUT2D eigenvalue weighted by molar-refractivity contribution is 9.10. The normalized spacial score (nSPS) is 10.8. The van der Waals surface area contributed by atoms with Crippen LogP contribution in [0.5, 0.6) is 11.6 Å². The Morgan fingerprint density at radius 3 is 2.71 bits per heavy atom. The van der Waals surface area contributed by atoms with Crippen molar-refractivity contribution in [1.29, 1.82) is 0 Å². The van der Waals surface area contributed by atoms with Crippen LogP contribution in [0.1, 0.15) is 5.56 Å². The Morgan fingerprint density at radius 1 is 1.14 bits per heavy atom. The van der Waals surface area contributed by atoms with E-state index in [1.54, 1.807) is 18.2 Å². The zero-order valence-corrected chi connectivity index (χ0v) is 13.4. The van der Waals surface area contributed by atoms with Gasteiger partial charge in [0.15, 0.2) is 0 Å². The van der Waals surface area contributed by atoms with E-state index in [4.69, 9.17) is 22.1 Å². The minimum Gasteiger partial charge on any atom is -0.438 e. The molecule has 3 rings (SSSR count). The van der Waals surface area contributed by atoms with E-state index < -0.39 is 0 Å². The van der Waals surface area contributed by atoms with Crippen LogP contribution in [0.4, 0.5) is 0 Å². The Morgan fingerprint density at radius 2 is 1.95 bits per heavy atom. The van der Waals surface area contributed by atoms with Crippen molar-refractivity contribution in [1.82, 2.24) is 4.98 Å². The zero-order chi connectivity index (χ0) is 14.8. The number of hydrogen-bond donors (Lipinski definition) is 1. The van der Waals surface area contributed by atoms with Crippen molar-refractivity contribution < 1.29 is 4.74 Å². The summed E-state index contributed by atoms with van der Waals surface area (Å²) in [7, 11) is 0. The zero-order valence-electron chi connectivity index (χ0n) is 11.0. The van der Waals surface area contributed by atoms with Gasteiger partial charge in [-0.15, -0.1) is 0 Å². The van der Waals surface area contributed by atoms with Gasteiger partial charge in [0.2, 0.25) is 5.88 Å². The van der Waals surface area contributed by atoms with Crippen molar-refractivity contribution in [2.75, 3.05) is 0 Å². The van der Waals surface area contributed by atoms with Crippen molar-refractivity contribution in [3.8, 4) is 11.6 Å². The predicted molar refractivity (Wildman–Crippen MR) is 88.9 cm³/mol. The molecule has 3 nitrogen and oxygen atoms in total. The summed E-state index contributed by atoms with van der Waals surface area (Å²) in [5, 5.41) is 1.69. The number of nitrogens with zero attached hydrogens (tertiary/aromatic N) is 1. The maximum atomic E-state index is 5.93. The van der Waals surface area contributed by atoms with Crippen LogP contribution in [0.3, 0.4) is 0 Å². The number of nitrogens with two attached hydrogens (primary N) is 1. The van der Waals surface area contributed by atoms with Crippen LogP contribution in [0.25, 0.3) is 10.9 Å². The summed E-state index contributed by atoms with van der Waals surface area (Å²) in [4.78, 5) is 4.51. The number of fused-ring (bicyclic) bond motifs is 1. The summed E-state index contributed by atoms with van der Waals surface area (Å²) in [5.41, 5.74) is 7.68. The number of ether oxygens (including phenoxy) is 1. The van der Waals surface area contributed by atoms with Gasteiger partial charge in [0.05, 0.1) is 9.99 Å². The molecule has 0 atom stereocenters. The fraction of sp³-hybridized carbons (Fsp3) is 0.0625. The lowest BCUT2D eigenvalue weighted by Gasteiger charge is -2.10. The third kappa shape index (κ3) is 3.02. The Bertz CT molecular complexity index is 807. The van der Waals surface area contributed by atoms with Crippen molar-refractivity contribution >= 4 is 38.4 Å². The van der Waals surface area contributed by atoms with Crippen LogP contribution in [0.2, 0.25) is 5.02 Å². The van der Waals surface area contributed by atoms with Crippen LogP contribution in [-0.2, 0) is 6.54 Å². The number of rotatable bonds is 3. The number of benzene rings is 2. The number of halogens is 2. The number of hydrogen-bond acceptors (Lipinski definition) is 3. The van der Waals surface area contributed by atoms with E-state index in [1.165, 1.54) is 0 Å². The van der Waals surface area contributed by atoms with Gasteiger partial charge in [-0.3, -0.25) is 0 Å². The quantitative estimate of drug-likeness (QED) is 0.720. The number of aromatic nitrogens is 1. The highest BCUT2D eigenvalue weighted by Gasteiger charge is 2.08. The Hall–Kier alpha value is -1.62. The van der Waals surface area contributed by atoms with Gasteiger partial charge in [-0.25, -0.2) is 4.98 Å². The molecule has 0 spiro atoms. The van der Waals surface area contributed by atoms with Crippen LogP contribution < -0.4 is 10.5 Å². The molecular weight excluding hydrogens is 352 g/mol. The first-order valence-corrected chi connectivity index (χ1v) is 7.56. The van der Waals surface area contributed by atoms with Crippen molar-refractivity contribution in [3.63, 3.8) is 0 Å². The molecule has 0 saturated heterocycles. The third-order valence-electron chi connectivity index (χ3n) is 3.11. The lowest BCUT2D eigenvalue weighted by Crippen LogP contribution is -2.00. The van der Waals surface area contributed by atoms with Gasteiger partial charge >= 0.3 is 0 Å². The summed E-state index contributed by atoms with van der Waals surface area (Å²) in [6.45, 7) is 0.432. The second kappa shape index (κ2) is 6.02. The smallest absolute Gasteiger partial charge is 0.220 e. The van der Waals surface area contributed by atoms with E-state index in [0.29, 0.717) is 23.2 Å². The molecule has 0 saturated carbocycles. The van der Waals surface area contributed by atoms with E-state index in [1.807, 2.05) is 30.3 Å². The Kier molecular flexibility index (Phi) is 4.10. The second-order valence-corrected chi connectivity index (χ2v) is 5.81. The largest absolute Gasteiger partial charge is 0.438 e. The molecule has 3 aromatic rings. The first-order valence-electron chi connectivity index (χ1n) is 6.39. The van der Waals surface area contributed by atoms with Gasteiger partial charge in [-0.1, -0.05) is 29.8 Å². The minimum atomic E-state index is 0.432. The first-order chi connectivity index (χ1) is 10.2. The molecule has 1 heterocycles. The first kappa shape index (κ1) is 14.3. The molecule has 0 fully saturated rings. The van der Waals surface area contributed by atoms with Crippen LogP contribution in [-0.4, -0.2) is 4.98 Å². The molecule has 0 aliphatic carbocycles. The van der Waals surface area contributed by atoms with Gasteiger partial charge in [-0.2, -0.15) is 0 Å². The molecule has 0 aliphatic heterocycles. The molecule has 21 heavy (non-hydrogen) atoms. The topological polar surface area (TPSA) is 48.1 Å². The number of pyridine rings is 1. The summed E-state index contributed by atoms with van der Waals surface area (Å²) in [6, 6.07) is 15.1. The molecule has 106 valence electrons. The van der Waals surface area contributed by atoms with E-state index >= 15 is 0 Å². The molecule has 0 amide bonds. The lowest BCUT2D eigenvalue weighted by atomic mass is 10.1. The average Bonchev–Trinajstić information content (AvgIpc) is 2.49. The monoisotopic (exact) mass is 362 g/mol. The predicted octanol–water partition coefficient (Wildman–Crippen LogP) is 4.90. The van der Waals surface area contributed by atoms with Gasteiger partial charge in [0, 0.05) is 23.0 Å². The van der Waals surface area contributed by atoms with Gasteiger partial charge in [-0.05, 0) is 45.8 Å². The van der Waals surface area contributed by atoms with Crippen LogP contribution in [0.15, 0.2) is 53.0 Å². The summed E-state index contributed by atoms with van der Waals surface area (Å²) in [6.07, 6.45) is 0. The Labute approximate surface area is 135 Å². The molecular formula is C16H12BrClN2O. The summed E-state index contributed by atoms with van der Waals surface area (Å²) < 4.78 is 6.62. The van der Waals surface area contributed by atoms with E-state index in [0.717, 1.165) is 20.9 Å². The van der Waals surface area contributed by atoms with Crippen molar-refractivity contribution in [2.45, 2.75) is 6.54 Å². The maximum absolute atomic E-state index is 5.93. The highest BCUT2D eigenvalue weighted by Crippen LogP contribution is 2.32. The molecule has 2 aromatic carbocycles. The standard InChI is InChI=1S/C16H12BrClN2O/c17-13-8-11(18)5-6-15(13)21-16-7-10(9-19)12-3-1-2-4-14(12)20-16/h1-8H,9,19H2. The maximum Gasteiger partial charge on any atom is 0.220 e. The van der Waals surface area contributed by atoms with Crippen LogP contribution >= 0.6 is 27.5 Å². The Balaban J connectivity index is 2.04. The third-order valence-corrected chi connectivity index (χ3v) is 3.96. The van der Waals surface area contributed by atoms with Crippen molar-refractivity contribution in [2.24, 2.45) is 5.73 Å². The summed E-state index contributed by atoms with van der Waals surface area (Å²) in [5.74, 6) is 1.17. The SMILES string of the molecule is NCc1cc(Oc2ccc(Cl)cc2Br)nc2ccccc12. The molecule has 0 radical (unpaired) electrons. The molecule has 1 aromatic heterocycles. The van der Waals surface area contributed by atoms with Gasteiger partial charge in [0.25, 0.3) is 0 Å². The fourth-order valence-electron chi connectivity index (χ4n) is 2.11. The van der Waals surface area contributed by atoms with Gasteiger partial charge < -0.3 is 10.5 Å². The number of para-hydroxylation sites is 1. The molecule has 0 bridgehead atoms. The molecule has 5 heteroatoms. The minimum absolute atomic E-state index is 0.432. The van der Waals surface area contributed by atoms with E-state index in [2.05, 4.69) is 20.9 Å². The van der Waals surface area contributed by atoms with E-state index in [-0.39, 0.29) is 0 Å². The highest BCUT2D eigenvalue weighted by atomic mass is 79.9. The molecule has 0 aliphatic rings. The van der Waals surface area contributed by atoms with Gasteiger partial charge in [0.1, 0.15) is 5.75 Å². The van der Waals surface area contributed by atoms with E-state index in [9.17, 15) is 0 Å².